The second kappa shape index (κ2) is 6.98. The van der Waals surface area contributed by atoms with Crippen molar-refractivity contribution in [1.29, 1.82) is 0 Å². The van der Waals surface area contributed by atoms with Crippen LogP contribution in [0.2, 0.25) is 0 Å². The molecule has 0 radical (unpaired) electrons. The lowest BCUT2D eigenvalue weighted by Gasteiger charge is -2.10. The molecule has 0 aliphatic heterocycles. The van der Waals surface area contributed by atoms with Crippen molar-refractivity contribution in [1.82, 2.24) is 9.55 Å². The molecular weight excluding hydrogens is 340 g/mol. The van der Waals surface area contributed by atoms with Crippen molar-refractivity contribution in [2.24, 2.45) is 0 Å². The number of carbonyl (C=O) groups excluding carboxylic acids is 2. The molecule has 2 heterocycles. The first-order valence-corrected chi connectivity index (χ1v) is 8.64. The van der Waals surface area contributed by atoms with Crippen LogP contribution in [-0.4, -0.2) is 27.9 Å². The summed E-state index contributed by atoms with van der Waals surface area (Å²) in [4.78, 5) is 41.0. The minimum Gasteiger partial charge on any atom is -0.454 e. The number of ether oxygens (including phenoxy) is 1. The number of rotatable bonds is 5. The molecule has 2 aromatic heterocycles. The summed E-state index contributed by atoms with van der Waals surface area (Å²) < 4.78 is 6.70. The molecule has 1 aromatic carbocycles. The Balaban J connectivity index is 1.84. The van der Waals surface area contributed by atoms with Gasteiger partial charge in [0, 0.05) is 6.54 Å². The van der Waals surface area contributed by atoms with E-state index in [4.69, 9.17) is 4.74 Å². The molecule has 0 fully saturated rings. The molecule has 0 spiro atoms. The molecule has 0 atom stereocenters. The molecule has 128 valence electrons. The average Bonchev–Trinajstić information content (AvgIpc) is 3.15. The number of aromatic nitrogens is 2. The van der Waals surface area contributed by atoms with Crippen molar-refractivity contribution < 1.29 is 14.3 Å². The highest BCUT2D eigenvalue weighted by molar-refractivity contribution is 7.12. The van der Waals surface area contributed by atoms with Gasteiger partial charge in [0.15, 0.2) is 6.61 Å². The van der Waals surface area contributed by atoms with E-state index in [1.165, 1.54) is 11.3 Å². The summed E-state index contributed by atoms with van der Waals surface area (Å²) in [5, 5.41) is 1.79. The predicted octanol–water partition coefficient (Wildman–Crippen LogP) is 2.83. The number of esters is 1. The molecule has 0 N–H and O–H groups in total. The molecule has 6 nitrogen and oxygen atoms in total. The van der Waals surface area contributed by atoms with Gasteiger partial charge in [-0.15, -0.1) is 11.3 Å². The van der Waals surface area contributed by atoms with E-state index in [-0.39, 0.29) is 17.9 Å². The van der Waals surface area contributed by atoms with Gasteiger partial charge in [-0.25, -0.2) is 9.78 Å². The van der Waals surface area contributed by atoms with Gasteiger partial charge in [0.25, 0.3) is 5.56 Å². The topological polar surface area (TPSA) is 78.3 Å². The number of hydrogen-bond donors (Lipinski definition) is 0. The predicted molar refractivity (Wildman–Crippen MR) is 95.3 cm³/mol. The molecule has 7 heteroatoms. The van der Waals surface area contributed by atoms with Gasteiger partial charge in [-0.2, -0.15) is 0 Å². The second-order valence-corrected chi connectivity index (χ2v) is 6.37. The molecule has 0 aliphatic rings. The van der Waals surface area contributed by atoms with Crippen molar-refractivity contribution in [3.05, 3.63) is 62.2 Å². The smallest absolute Gasteiger partial charge is 0.338 e. The van der Waals surface area contributed by atoms with E-state index in [2.05, 4.69) is 4.98 Å². The third kappa shape index (κ3) is 3.36. The molecule has 25 heavy (non-hydrogen) atoms. The van der Waals surface area contributed by atoms with Crippen LogP contribution in [0.1, 0.15) is 32.6 Å². The van der Waals surface area contributed by atoms with Gasteiger partial charge in [0.05, 0.1) is 21.5 Å². The van der Waals surface area contributed by atoms with Crippen LogP contribution < -0.4 is 5.56 Å². The Kier molecular flexibility index (Phi) is 4.76. The first kappa shape index (κ1) is 17.0. The fourth-order valence-corrected chi connectivity index (χ4v) is 3.19. The van der Waals surface area contributed by atoms with Crippen LogP contribution in [0.3, 0.4) is 0 Å². The van der Waals surface area contributed by atoms with E-state index in [0.29, 0.717) is 33.7 Å². The zero-order valence-electron chi connectivity index (χ0n) is 13.8. The molecule has 3 rings (SSSR count). The molecule has 3 aromatic rings. The molecule has 0 bridgehead atoms. The third-order valence-electron chi connectivity index (χ3n) is 3.79. The van der Waals surface area contributed by atoms with Gasteiger partial charge < -0.3 is 9.30 Å². The number of carbonyl (C=O) groups is 2. The van der Waals surface area contributed by atoms with E-state index < -0.39 is 5.97 Å². The number of ketones is 1. The van der Waals surface area contributed by atoms with E-state index in [0.717, 1.165) is 0 Å². The van der Waals surface area contributed by atoms with Crippen LogP contribution in [0.25, 0.3) is 11.0 Å². The third-order valence-corrected chi connectivity index (χ3v) is 4.70. The Labute approximate surface area is 147 Å². The van der Waals surface area contributed by atoms with Gasteiger partial charge in [-0.3, -0.25) is 9.59 Å². The van der Waals surface area contributed by atoms with Gasteiger partial charge in [0.1, 0.15) is 5.69 Å². The van der Waals surface area contributed by atoms with E-state index in [9.17, 15) is 14.4 Å². The van der Waals surface area contributed by atoms with Crippen LogP contribution >= 0.6 is 11.3 Å². The minimum atomic E-state index is -0.597. The molecule has 0 unspecified atom stereocenters. The van der Waals surface area contributed by atoms with E-state index >= 15 is 0 Å². The Morgan fingerprint density at radius 1 is 1.28 bits per heavy atom. The zero-order chi connectivity index (χ0) is 18.0. The summed E-state index contributed by atoms with van der Waals surface area (Å²) in [5.74, 6) is -0.835. The standard InChI is InChI=1S/C18H16N2O4S/c1-3-20-14-7-6-12(9-13(14)19-11(2)17(20)22)18(23)24-10-15(21)16-5-4-8-25-16/h4-9H,3,10H2,1-2H3. The summed E-state index contributed by atoms with van der Waals surface area (Å²) in [6.07, 6.45) is 0. The molecule has 0 aliphatic carbocycles. The maximum Gasteiger partial charge on any atom is 0.338 e. The summed E-state index contributed by atoms with van der Waals surface area (Å²) in [5.41, 5.74) is 1.71. The fraction of sp³-hybridized carbons (Fsp3) is 0.222. The fourth-order valence-electron chi connectivity index (χ4n) is 2.54. The normalized spacial score (nSPS) is 10.8. The van der Waals surface area contributed by atoms with Crippen LogP contribution in [0.15, 0.2) is 40.5 Å². The van der Waals surface area contributed by atoms with Gasteiger partial charge in [-0.05, 0) is 43.5 Å². The van der Waals surface area contributed by atoms with E-state index in [1.807, 2.05) is 6.92 Å². The summed E-state index contributed by atoms with van der Waals surface area (Å²) in [7, 11) is 0. The van der Waals surface area contributed by atoms with Crippen LogP contribution in [0, 0.1) is 6.92 Å². The number of nitrogens with zero attached hydrogens (tertiary/aromatic N) is 2. The van der Waals surface area contributed by atoms with Crippen molar-refractivity contribution in [3.8, 4) is 0 Å². The maximum absolute atomic E-state index is 12.2. The SMILES string of the molecule is CCn1c(=O)c(C)nc2cc(C(=O)OCC(=O)c3cccs3)ccc21. The number of benzene rings is 1. The first-order chi connectivity index (χ1) is 12.0. The highest BCUT2D eigenvalue weighted by Gasteiger charge is 2.14. The number of thiophene rings is 1. The van der Waals surface area contributed by atoms with Crippen LogP contribution in [0.4, 0.5) is 0 Å². The Bertz CT molecular complexity index is 1010. The highest BCUT2D eigenvalue weighted by Crippen LogP contribution is 2.15. The van der Waals surface area contributed by atoms with Gasteiger partial charge in [0.2, 0.25) is 5.78 Å². The zero-order valence-corrected chi connectivity index (χ0v) is 14.6. The monoisotopic (exact) mass is 356 g/mol. The largest absolute Gasteiger partial charge is 0.454 e. The molecular formula is C18H16N2O4S. The number of fused-ring (bicyclic) bond motifs is 1. The minimum absolute atomic E-state index is 0.146. The van der Waals surface area contributed by atoms with Crippen molar-refractivity contribution >= 4 is 34.1 Å². The summed E-state index contributed by atoms with van der Waals surface area (Å²) in [6, 6.07) is 8.27. The van der Waals surface area contributed by atoms with E-state index in [1.54, 1.807) is 47.2 Å². The lowest BCUT2D eigenvalue weighted by molar-refractivity contribution is 0.0476. The molecule has 0 saturated heterocycles. The first-order valence-electron chi connectivity index (χ1n) is 7.76. The van der Waals surface area contributed by atoms with Gasteiger partial charge >= 0.3 is 5.97 Å². The Morgan fingerprint density at radius 3 is 2.76 bits per heavy atom. The molecule has 0 amide bonds. The number of hydrogen-bond acceptors (Lipinski definition) is 6. The lowest BCUT2D eigenvalue weighted by atomic mass is 10.2. The average molecular weight is 356 g/mol. The Hall–Kier alpha value is -2.80. The number of aryl methyl sites for hydroxylation is 2. The molecule has 0 saturated carbocycles. The second-order valence-electron chi connectivity index (χ2n) is 5.43. The number of Topliss-reactive ketones (excluding diaryl/α,β-unsaturated/α-hetero) is 1. The van der Waals surface area contributed by atoms with Crippen LogP contribution in [0.5, 0.6) is 0 Å². The van der Waals surface area contributed by atoms with Crippen LogP contribution in [-0.2, 0) is 11.3 Å². The van der Waals surface area contributed by atoms with Crippen molar-refractivity contribution in [2.75, 3.05) is 6.61 Å². The van der Waals surface area contributed by atoms with Gasteiger partial charge in [-0.1, -0.05) is 6.07 Å². The van der Waals surface area contributed by atoms with Crippen molar-refractivity contribution in [3.63, 3.8) is 0 Å². The summed E-state index contributed by atoms with van der Waals surface area (Å²) >= 11 is 1.30. The van der Waals surface area contributed by atoms with Crippen molar-refractivity contribution in [2.45, 2.75) is 20.4 Å². The quantitative estimate of drug-likeness (QED) is 0.519. The Morgan fingerprint density at radius 2 is 2.08 bits per heavy atom. The lowest BCUT2D eigenvalue weighted by Crippen LogP contribution is -2.23. The maximum atomic E-state index is 12.2. The summed E-state index contributed by atoms with van der Waals surface area (Å²) in [6.45, 7) is 3.72. The highest BCUT2D eigenvalue weighted by atomic mass is 32.1.